The van der Waals surface area contributed by atoms with Crippen LogP contribution >= 0.6 is 0 Å². The topological polar surface area (TPSA) is 17.8 Å². The molecule has 3 aromatic rings. The van der Waals surface area contributed by atoms with Gasteiger partial charge in [-0.2, -0.15) is 0 Å². The largest absolute Gasteiger partial charge is 0.306 e. The molecule has 1 heterocycles. The summed E-state index contributed by atoms with van der Waals surface area (Å²) >= 11 is 0. The summed E-state index contributed by atoms with van der Waals surface area (Å²) in [5.41, 5.74) is 6.78. The van der Waals surface area contributed by atoms with Crippen molar-refractivity contribution < 1.29 is 0 Å². The molecule has 0 amide bonds. The Morgan fingerprint density at radius 3 is 2.72 bits per heavy atom. The summed E-state index contributed by atoms with van der Waals surface area (Å²) in [6.45, 7) is 0. The van der Waals surface area contributed by atoms with E-state index in [1.807, 2.05) is 18.7 Å². The second-order valence-electron chi connectivity index (χ2n) is 4.61. The normalized spacial score (nSPS) is 12.2. The number of imidazole rings is 1. The molecular formula is C16H12N2. The third-order valence-electron chi connectivity index (χ3n) is 3.61. The van der Waals surface area contributed by atoms with Crippen molar-refractivity contribution in [1.29, 1.82) is 0 Å². The van der Waals surface area contributed by atoms with Crippen molar-refractivity contribution in [2.75, 3.05) is 0 Å². The Morgan fingerprint density at radius 1 is 0.944 bits per heavy atom. The Morgan fingerprint density at radius 2 is 1.83 bits per heavy atom. The molecule has 4 rings (SSSR count). The average molecular weight is 232 g/mol. The van der Waals surface area contributed by atoms with Crippen molar-refractivity contribution in [2.45, 2.75) is 6.42 Å². The molecule has 0 radical (unpaired) electrons. The first-order valence-electron chi connectivity index (χ1n) is 6.12. The van der Waals surface area contributed by atoms with Gasteiger partial charge < -0.3 is 4.57 Å². The summed E-state index contributed by atoms with van der Waals surface area (Å²) in [4.78, 5) is 4.14. The summed E-state index contributed by atoms with van der Waals surface area (Å²) in [5, 5.41) is 0. The van der Waals surface area contributed by atoms with Crippen LogP contribution in [-0.4, -0.2) is 9.55 Å². The van der Waals surface area contributed by atoms with E-state index in [9.17, 15) is 0 Å². The van der Waals surface area contributed by atoms with E-state index in [0.29, 0.717) is 0 Å². The van der Waals surface area contributed by atoms with Crippen LogP contribution in [0.15, 0.2) is 61.2 Å². The SMILES string of the molecule is c1ccc2c(c1)Cc1c-2cccc1-n1ccnc1. The van der Waals surface area contributed by atoms with E-state index in [2.05, 4.69) is 52.0 Å². The molecule has 0 bridgehead atoms. The predicted octanol–water partition coefficient (Wildman–Crippen LogP) is 3.44. The molecule has 18 heavy (non-hydrogen) atoms. The number of rotatable bonds is 1. The summed E-state index contributed by atoms with van der Waals surface area (Å²) in [7, 11) is 0. The van der Waals surface area contributed by atoms with Gasteiger partial charge in [-0.15, -0.1) is 0 Å². The summed E-state index contributed by atoms with van der Waals surface area (Å²) < 4.78 is 2.09. The maximum absolute atomic E-state index is 4.14. The van der Waals surface area contributed by atoms with Crippen LogP contribution in [0.3, 0.4) is 0 Å². The van der Waals surface area contributed by atoms with Gasteiger partial charge in [-0.3, -0.25) is 0 Å². The van der Waals surface area contributed by atoms with Gasteiger partial charge in [0.2, 0.25) is 0 Å². The van der Waals surface area contributed by atoms with Gasteiger partial charge in [0.15, 0.2) is 0 Å². The lowest BCUT2D eigenvalue weighted by Gasteiger charge is -2.08. The molecule has 86 valence electrons. The third kappa shape index (κ3) is 1.26. The fourth-order valence-corrected chi connectivity index (χ4v) is 2.78. The van der Waals surface area contributed by atoms with E-state index < -0.39 is 0 Å². The smallest absolute Gasteiger partial charge is 0.0991 e. The minimum Gasteiger partial charge on any atom is -0.306 e. The monoisotopic (exact) mass is 232 g/mol. The quantitative estimate of drug-likeness (QED) is 0.491. The van der Waals surface area contributed by atoms with Gasteiger partial charge in [-0.1, -0.05) is 36.4 Å². The summed E-state index contributed by atoms with van der Waals surface area (Å²) in [6.07, 6.45) is 6.69. The van der Waals surface area contributed by atoms with Crippen LogP contribution in [0.2, 0.25) is 0 Å². The fraction of sp³-hybridized carbons (Fsp3) is 0.0625. The lowest BCUT2D eigenvalue weighted by atomic mass is 10.1. The Kier molecular flexibility index (Phi) is 1.92. The Balaban J connectivity index is 1.97. The standard InChI is InChI=1S/C16H12N2/c1-2-5-13-12(4-1)10-15-14(13)6-3-7-16(15)18-9-8-17-11-18/h1-9,11H,10H2. The molecule has 0 unspecified atom stereocenters. The lowest BCUT2D eigenvalue weighted by molar-refractivity contribution is 1.03. The van der Waals surface area contributed by atoms with Crippen LogP contribution in [0, 0.1) is 0 Å². The minimum absolute atomic E-state index is 1.01. The molecule has 0 aliphatic heterocycles. The fourth-order valence-electron chi connectivity index (χ4n) is 2.78. The maximum Gasteiger partial charge on any atom is 0.0991 e. The molecule has 2 aromatic carbocycles. The summed E-state index contributed by atoms with van der Waals surface area (Å²) in [6, 6.07) is 15.1. The van der Waals surface area contributed by atoms with E-state index in [0.717, 1.165) is 6.42 Å². The molecule has 0 saturated heterocycles. The van der Waals surface area contributed by atoms with Crippen molar-refractivity contribution >= 4 is 0 Å². The number of benzene rings is 2. The van der Waals surface area contributed by atoms with Gasteiger partial charge in [0.05, 0.1) is 12.0 Å². The Labute approximate surface area is 106 Å². The molecule has 0 atom stereocenters. The first-order chi connectivity index (χ1) is 8.93. The molecular weight excluding hydrogens is 220 g/mol. The van der Waals surface area contributed by atoms with Crippen LogP contribution < -0.4 is 0 Å². The molecule has 0 N–H and O–H groups in total. The van der Waals surface area contributed by atoms with Crippen LogP contribution in [0.4, 0.5) is 0 Å². The Hall–Kier alpha value is -2.35. The van der Waals surface area contributed by atoms with Crippen LogP contribution in [0.1, 0.15) is 11.1 Å². The highest BCUT2D eigenvalue weighted by Gasteiger charge is 2.20. The molecule has 1 aromatic heterocycles. The third-order valence-corrected chi connectivity index (χ3v) is 3.61. The number of nitrogens with zero attached hydrogens (tertiary/aromatic N) is 2. The number of aromatic nitrogens is 2. The van der Waals surface area contributed by atoms with E-state index in [4.69, 9.17) is 0 Å². The van der Waals surface area contributed by atoms with E-state index in [1.165, 1.54) is 27.9 Å². The van der Waals surface area contributed by atoms with Crippen molar-refractivity contribution in [1.82, 2.24) is 9.55 Å². The van der Waals surface area contributed by atoms with E-state index in [1.54, 1.807) is 0 Å². The van der Waals surface area contributed by atoms with Gasteiger partial charge in [0, 0.05) is 18.8 Å². The predicted molar refractivity (Wildman–Crippen MR) is 71.8 cm³/mol. The zero-order valence-corrected chi connectivity index (χ0v) is 9.88. The van der Waals surface area contributed by atoms with E-state index >= 15 is 0 Å². The Bertz CT molecular complexity index is 712. The van der Waals surface area contributed by atoms with Gasteiger partial charge in [0.25, 0.3) is 0 Å². The number of fused-ring (bicyclic) bond motifs is 3. The second kappa shape index (κ2) is 3.57. The number of hydrogen-bond donors (Lipinski definition) is 0. The molecule has 2 nitrogen and oxygen atoms in total. The zero-order valence-electron chi connectivity index (χ0n) is 9.88. The first kappa shape index (κ1) is 9.66. The molecule has 2 heteroatoms. The van der Waals surface area contributed by atoms with E-state index in [-0.39, 0.29) is 0 Å². The number of hydrogen-bond acceptors (Lipinski definition) is 1. The second-order valence-corrected chi connectivity index (χ2v) is 4.61. The van der Waals surface area contributed by atoms with Crippen molar-refractivity contribution in [3.8, 4) is 16.8 Å². The van der Waals surface area contributed by atoms with Crippen LogP contribution in [0.5, 0.6) is 0 Å². The summed E-state index contributed by atoms with van der Waals surface area (Å²) in [5.74, 6) is 0. The molecule has 0 spiro atoms. The highest BCUT2D eigenvalue weighted by molar-refractivity contribution is 5.79. The van der Waals surface area contributed by atoms with Crippen LogP contribution in [0.25, 0.3) is 16.8 Å². The molecule has 1 aliphatic carbocycles. The molecule has 0 saturated carbocycles. The van der Waals surface area contributed by atoms with Gasteiger partial charge in [-0.05, 0) is 28.3 Å². The molecule has 1 aliphatic rings. The van der Waals surface area contributed by atoms with Gasteiger partial charge in [-0.25, -0.2) is 4.98 Å². The highest BCUT2D eigenvalue weighted by Crippen LogP contribution is 2.39. The van der Waals surface area contributed by atoms with Crippen molar-refractivity contribution in [3.63, 3.8) is 0 Å². The van der Waals surface area contributed by atoms with Gasteiger partial charge in [0.1, 0.15) is 0 Å². The van der Waals surface area contributed by atoms with Crippen molar-refractivity contribution in [2.24, 2.45) is 0 Å². The minimum atomic E-state index is 1.01. The lowest BCUT2D eigenvalue weighted by Crippen LogP contribution is -1.95. The average Bonchev–Trinajstić information content (AvgIpc) is 3.05. The maximum atomic E-state index is 4.14. The van der Waals surface area contributed by atoms with Crippen molar-refractivity contribution in [3.05, 3.63) is 72.3 Å². The first-order valence-corrected chi connectivity index (χ1v) is 6.12. The highest BCUT2D eigenvalue weighted by atomic mass is 15.0. The zero-order chi connectivity index (χ0) is 11.9. The molecule has 0 fully saturated rings. The van der Waals surface area contributed by atoms with Gasteiger partial charge >= 0.3 is 0 Å². The van der Waals surface area contributed by atoms with Crippen LogP contribution in [-0.2, 0) is 6.42 Å².